The summed E-state index contributed by atoms with van der Waals surface area (Å²) in [5.74, 6) is 1.75. The Bertz CT molecular complexity index is 746. The number of carbonyl (C=O) groups is 1. The van der Waals surface area contributed by atoms with Crippen molar-refractivity contribution in [2.24, 2.45) is 0 Å². The van der Waals surface area contributed by atoms with E-state index >= 15 is 0 Å². The van der Waals surface area contributed by atoms with Gasteiger partial charge in [0.05, 0.1) is 14.2 Å². The number of methoxy groups -OCH3 is 2. The van der Waals surface area contributed by atoms with Gasteiger partial charge in [-0.2, -0.15) is 0 Å². The summed E-state index contributed by atoms with van der Waals surface area (Å²) >= 11 is 0. The zero-order valence-corrected chi connectivity index (χ0v) is 16.0. The van der Waals surface area contributed by atoms with E-state index in [2.05, 4.69) is 10.3 Å². The zero-order chi connectivity index (χ0) is 19.2. The highest BCUT2D eigenvalue weighted by Crippen LogP contribution is 2.25. The third-order valence-electron chi connectivity index (χ3n) is 4.79. The zero-order valence-electron chi connectivity index (χ0n) is 16.0. The lowest BCUT2D eigenvalue weighted by atomic mass is 9.92. The smallest absolute Gasteiger partial charge is 0.251 e. The monoisotopic (exact) mass is 370 g/mol. The Morgan fingerprint density at radius 1 is 1.04 bits per heavy atom. The first-order valence-electron chi connectivity index (χ1n) is 9.20. The van der Waals surface area contributed by atoms with Crippen LogP contribution >= 0.6 is 0 Å². The van der Waals surface area contributed by atoms with Gasteiger partial charge in [-0.25, -0.2) is 4.98 Å². The third-order valence-corrected chi connectivity index (χ3v) is 4.79. The molecular weight excluding hydrogens is 344 g/mol. The average Bonchev–Trinajstić information content (AvgIpc) is 2.70. The van der Waals surface area contributed by atoms with Gasteiger partial charge in [-0.1, -0.05) is 6.07 Å². The number of pyridine rings is 1. The van der Waals surface area contributed by atoms with Crippen molar-refractivity contribution in [3.05, 3.63) is 47.7 Å². The second kappa shape index (κ2) is 8.75. The van der Waals surface area contributed by atoms with E-state index < -0.39 is 0 Å². The molecule has 0 atom stereocenters. The summed E-state index contributed by atoms with van der Waals surface area (Å²) in [5, 5.41) is 3.11. The van der Waals surface area contributed by atoms with Crippen LogP contribution in [0, 0.1) is 6.92 Å². The molecule has 1 fully saturated rings. The van der Waals surface area contributed by atoms with Crippen LogP contribution in [0.1, 0.15) is 41.6 Å². The maximum Gasteiger partial charge on any atom is 0.251 e. The number of aromatic nitrogens is 1. The summed E-state index contributed by atoms with van der Waals surface area (Å²) in [5.41, 5.74) is 1.65. The highest BCUT2D eigenvalue weighted by Gasteiger charge is 2.24. The van der Waals surface area contributed by atoms with E-state index in [1.807, 2.05) is 25.3 Å². The predicted molar refractivity (Wildman–Crippen MR) is 103 cm³/mol. The molecule has 1 heterocycles. The minimum Gasteiger partial charge on any atom is -0.497 e. The van der Waals surface area contributed by atoms with E-state index in [1.54, 1.807) is 32.4 Å². The minimum absolute atomic E-state index is 0.114. The Balaban J connectivity index is 1.53. The SMILES string of the molecule is COc1cc(OC)cc(C(=O)NC2CCC(Oc3ccc(C)cn3)CC2)c1. The molecule has 0 bridgehead atoms. The Hall–Kier alpha value is -2.76. The van der Waals surface area contributed by atoms with Crippen molar-refractivity contribution in [1.82, 2.24) is 10.3 Å². The first-order chi connectivity index (χ1) is 13.1. The second-order valence-corrected chi connectivity index (χ2v) is 6.84. The van der Waals surface area contributed by atoms with Crippen LogP contribution in [-0.4, -0.2) is 37.3 Å². The highest BCUT2D eigenvalue weighted by molar-refractivity contribution is 5.95. The Morgan fingerprint density at radius 3 is 2.26 bits per heavy atom. The van der Waals surface area contributed by atoms with Crippen LogP contribution in [0.3, 0.4) is 0 Å². The molecule has 1 aromatic heterocycles. The van der Waals surface area contributed by atoms with Crippen molar-refractivity contribution in [3.8, 4) is 17.4 Å². The van der Waals surface area contributed by atoms with E-state index in [9.17, 15) is 4.79 Å². The lowest BCUT2D eigenvalue weighted by molar-refractivity contribution is 0.0889. The molecule has 1 aliphatic rings. The van der Waals surface area contributed by atoms with Crippen LogP contribution in [0.4, 0.5) is 0 Å². The van der Waals surface area contributed by atoms with Crippen LogP contribution in [0.2, 0.25) is 0 Å². The van der Waals surface area contributed by atoms with Crippen LogP contribution in [0.5, 0.6) is 17.4 Å². The fraction of sp³-hybridized carbons (Fsp3) is 0.429. The first kappa shape index (κ1) is 19.0. The molecule has 6 nitrogen and oxygen atoms in total. The van der Waals surface area contributed by atoms with E-state index in [1.165, 1.54) is 0 Å². The van der Waals surface area contributed by atoms with Crippen molar-refractivity contribution in [2.75, 3.05) is 14.2 Å². The van der Waals surface area contributed by atoms with E-state index in [4.69, 9.17) is 14.2 Å². The number of nitrogens with one attached hydrogen (secondary N) is 1. The van der Waals surface area contributed by atoms with Crippen molar-refractivity contribution in [3.63, 3.8) is 0 Å². The number of nitrogens with zero attached hydrogens (tertiary/aromatic N) is 1. The molecule has 0 unspecified atom stereocenters. The number of hydrogen-bond acceptors (Lipinski definition) is 5. The van der Waals surface area contributed by atoms with Gasteiger partial charge in [0.2, 0.25) is 5.88 Å². The summed E-state index contributed by atoms with van der Waals surface area (Å²) in [4.78, 5) is 16.9. The number of aryl methyl sites for hydroxylation is 1. The van der Waals surface area contributed by atoms with Gasteiger partial charge in [0.1, 0.15) is 17.6 Å². The van der Waals surface area contributed by atoms with E-state index in [0.717, 1.165) is 31.2 Å². The molecule has 0 aliphatic heterocycles. The van der Waals surface area contributed by atoms with Gasteiger partial charge in [-0.3, -0.25) is 4.79 Å². The van der Waals surface area contributed by atoms with Crippen LogP contribution in [0.25, 0.3) is 0 Å². The van der Waals surface area contributed by atoms with E-state index in [0.29, 0.717) is 22.9 Å². The van der Waals surface area contributed by atoms with Crippen molar-refractivity contribution >= 4 is 5.91 Å². The standard InChI is InChI=1S/C21H26N2O4/c1-14-4-9-20(22-13-14)27-17-7-5-16(6-8-17)23-21(24)15-10-18(25-2)12-19(11-15)26-3/h4,9-13,16-17H,5-8H2,1-3H3,(H,23,24). The topological polar surface area (TPSA) is 69.7 Å². The molecule has 1 aromatic carbocycles. The average molecular weight is 370 g/mol. The summed E-state index contributed by atoms with van der Waals surface area (Å²) in [6.07, 6.45) is 5.49. The lowest BCUT2D eigenvalue weighted by Crippen LogP contribution is -2.39. The Kier molecular flexibility index (Phi) is 6.16. The maximum absolute atomic E-state index is 12.6. The quantitative estimate of drug-likeness (QED) is 0.842. The van der Waals surface area contributed by atoms with Crippen molar-refractivity contribution in [2.45, 2.75) is 44.8 Å². The van der Waals surface area contributed by atoms with Gasteiger partial charge in [0.25, 0.3) is 5.91 Å². The number of ether oxygens (including phenoxy) is 3. The van der Waals surface area contributed by atoms with Crippen LogP contribution < -0.4 is 19.5 Å². The number of hydrogen-bond donors (Lipinski definition) is 1. The van der Waals surface area contributed by atoms with Gasteiger partial charge in [-0.15, -0.1) is 0 Å². The van der Waals surface area contributed by atoms with Crippen molar-refractivity contribution < 1.29 is 19.0 Å². The van der Waals surface area contributed by atoms with Gasteiger partial charge >= 0.3 is 0 Å². The third kappa shape index (κ3) is 5.12. The van der Waals surface area contributed by atoms with Gasteiger partial charge in [0.15, 0.2) is 0 Å². The molecule has 1 amide bonds. The van der Waals surface area contributed by atoms with Gasteiger partial charge in [-0.05, 0) is 50.3 Å². The number of amides is 1. The molecule has 3 rings (SSSR count). The van der Waals surface area contributed by atoms with Gasteiger partial charge < -0.3 is 19.5 Å². The number of carbonyl (C=O) groups excluding carboxylic acids is 1. The Morgan fingerprint density at radius 2 is 1.70 bits per heavy atom. The molecule has 0 radical (unpaired) electrons. The second-order valence-electron chi connectivity index (χ2n) is 6.84. The first-order valence-corrected chi connectivity index (χ1v) is 9.20. The normalized spacial score (nSPS) is 19.2. The largest absolute Gasteiger partial charge is 0.497 e. The van der Waals surface area contributed by atoms with Gasteiger partial charge in [0, 0.05) is 29.9 Å². The lowest BCUT2D eigenvalue weighted by Gasteiger charge is -2.29. The molecule has 27 heavy (non-hydrogen) atoms. The molecule has 0 saturated heterocycles. The number of benzene rings is 1. The molecule has 144 valence electrons. The number of rotatable bonds is 6. The fourth-order valence-electron chi connectivity index (χ4n) is 3.23. The molecule has 1 saturated carbocycles. The molecule has 2 aromatic rings. The summed E-state index contributed by atoms with van der Waals surface area (Å²) in [7, 11) is 3.14. The fourth-order valence-corrected chi connectivity index (χ4v) is 3.23. The highest BCUT2D eigenvalue weighted by atomic mass is 16.5. The Labute approximate surface area is 159 Å². The molecule has 1 N–H and O–H groups in total. The van der Waals surface area contributed by atoms with Crippen LogP contribution in [0.15, 0.2) is 36.5 Å². The molecule has 1 aliphatic carbocycles. The predicted octanol–water partition coefficient (Wildman–Crippen LogP) is 3.53. The summed E-state index contributed by atoms with van der Waals surface area (Å²) < 4.78 is 16.4. The summed E-state index contributed by atoms with van der Waals surface area (Å²) in [6, 6.07) is 9.22. The maximum atomic E-state index is 12.6. The molecule has 0 spiro atoms. The van der Waals surface area contributed by atoms with E-state index in [-0.39, 0.29) is 18.1 Å². The van der Waals surface area contributed by atoms with Crippen molar-refractivity contribution in [1.29, 1.82) is 0 Å². The summed E-state index contributed by atoms with van der Waals surface area (Å²) in [6.45, 7) is 2.00. The molecular formula is C21H26N2O4. The molecule has 6 heteroatoms. The minimum atomic E-state index is -0.114. The van der Waals surface area contributed by atoms with Crippen LogP contribution in [-0.2, 0) is 0 Å².